The van der Waals surface area contributed by atoms with Crippen molar-refractivity contribution in [2.75, 3.05) is 25.6 Å². The summed E-state index contributed by atoms with van der Waals surface area (Å²) in [5.41, 5.74) is 0. The van der Waals surface area contributed by atoms with E-state index in [-0.39, 0.29) is 24.7 Å². The lowest BCUT2D eigenvalue weighted by Gasteiger charge is -2.29. The maximum Gasteiger partial charge on any atom is 0.391 e. The van der Waals surface area contributed by atoms with Crippen LogP contribution in [0, 0.1) is 11.8 Å². The highest BCUT2D eigenvalue weighted by Gasteiger charge is 2.42. The molecule has 7 heteroatoms. The number of ether oxygens (including phenoxy) is 1. The Kier molecular flexibility index (Phi) is 7.66. The highest BCUT2D eigenvalue weighted by molar-refractivity contribution is 6.17. The van der Waals surface area contributed by atoms with E-state index in [0.29, 0.717) is 44.9 Å². The SMILES string of the molecule is O=C(NCCCOCCCl)C1CCC(C(F)(F)F)CC1. The summed E-state index contributed by atoms with van der Waals surface area (Å²) in [7, 11) is 0. The van der Waals surface area contributed by atoms with Crippen LogP contribution in [0.25, 0.3) is 0 Å². The molecular weight excluding hydrogens is 295 g/mol. The predicted molar refractivity (Wildman–Crippen MR) is 70.7 cm³/mol. The van der Waals surface area contributed by atoms with Gasteiger partial charge in [0.25, 0.3) is 0 Å². The molecule has 0 atom stereocenters. The van der Waals surface area contributed by atoms with Crippen molar-refractivity contribution in [3.05, 3.63) is 0 Å². The summed E-state index contributed by atoms with van der Waals surface area (Å²) in [6, 6.07) is 0. The highest BCUT2D eigenvalue weighted by atomic mass is 35.5. The van der Waals surface area contributed by atoms with Gasteiger partial charge in [-0.25, -0.2) is 0 Å². The Balaban J connectivity index is 2.13. The minimum atomic E-state index is -4.12. The number of hydrogen-bond acceptors (Lipinski definition) is 2. The molecule has 0 bridgehead atoms. The minimum Gasteiger partial charge on any atom is -0.380 e. The first-order chi connectivity index (χ1) is 9.45. The van der Waals surface area contributed by atoms with Crippen LogP contribution in [0.2, 0.25) is 0 Å². The zero-order valence-electron chi connectivity index (χ0n) is 11.3. The number of carbonyl (C=O) groups is 1. The van der Waals surface area contributed by atoms with E-state index in [0.717, 1.165) is 0 Å². The Morgan fingerprint density at radius 3 is 2.40 bits per heavy atom. The molecule has 1 N–H and O–H groups in total. The zero-order chi connectivity index (χ0) is 15.0. The Morgan fingerprint density at radius 2 is 1.85 bits per heavy atom. The maximum absolute atomic E-state index is 12.5. The molecule has 20 heavy (non-hydrogen) atoms. The average Bonchev–Trinajstić information content (AvgIpc) is 2.41. The number of amides is 1. The van der Waals surface area contributed by atoms with Gasteiger partial charge in [-0.15, -0.1) is 11.6 Å². The van der Waals surface area contributed by atoms with Crippen molar-refractivity contribution in [2.24, 2.45) is 11.8 Å². The van der Waals surface area contributed by atoms with Crippen molar-refractivity contribution < 1.29 is 22.7 Å². The van der Waals surface area contributed by atoms with Crippen LogP contribution < -0.4 is 5.32 Å². The van der Waals surface area contributed by atoms with E-state index in [1.165, 1.54) is 0 Å². The molecule has 1 aliphatic rings. The van der Waals surface area contributed by atoms with Gasteiger partial charge in [-0.1, -0.05) is 0 Å². The van der Waals surface area contributed by atoms with E-state index >= 15 is 0 Å². The summed E-state index contributed by atoms with van der Waals surface area (Å²) in [4.78, 5) is 11.8. The third kappa shape index (κ3) is 6.31. The van der Waals surface area contributed by atoms with Crippen LogP contribution in [-0.2, 0) is 9.53 Å². The van der Waals surface area contributed by atoms with Gasteiger partial charge in [0, 0.05) is 24.9 Å². The van der Waals surface area contributed by atoms with E-state index in [4.69, 9.17) is 16.3 Å². The molecule has 0 spiro atoms. The molecule has 1 amide bonds. The standard InChI is InChI=1S/C13H21ClF3NO2/c14-6-9-20-8-1-7-18-12(19)10-2-4-11(5-3-10)13(15,16)17/h10-11H,1-9H2,(H,18,19). The van der Waals surface area contributed by atoms with Gasteiger partial charge in [-0.05, 0) is 32.1 Å². The molecule has 1 saturated carbocycles. The normalized spacial score (nSPS) is 23.6. The second kappa shape index (κ2) is 8.72. The van der Waals surface area contributed by atoms with Gasteiger partial charge < -0.3 is 10.1 Å². The molecule has 1 fully saturated rings. The van der Waals surface area contributed by atoms with Gasteiger partial charge in [0.05, 0.1) is 12.5 Å². The Hall–Kier alpha value is -0.490. The summed E-state index contributed by atoms with van der Waals surface area (Å²) in [5.74, 6) is -1.22. The largest absolute Gasteiger partial charge is 0.391 e. The average molecular weight is 316 g/mol. The first-order valence-corrected chi connectivity index (χ1v) is 7.46. The van der Waals surface area contributed by atoms with Crippen molar-refractivity contribution in [2.45, 2.75) is 38.3 Å². The maximum atomic E-state index is 12.5. The van der Waals surface area contributed by atoms with Crippen molar-refractivity contribution in [1.29, 1.82) is 0 Å². The molecule has 0 aromatic heterocycles. The molecule has 0 unspecified atom stereocenters. The molecule has 3 nitrogen and oxygen atoms in total. The van der Waals surface area contributed by atoms with Crippen molar-refractivity contribution in [1.82, 2.24) is 5.32 Å². The van der Waals surface area contributed by atoms with Crippen molar-refractivity contribution in [3.63, 3.8) is 0 Å². The van der Waals surface area contributed by atoms with Gasteiger partial charge in [0.15, 0.2) is 0 Å². The smallest absolute Gasteiger partial charge is 0.380 e. The zero-order valence-corrected chi connectivity index (χ0v) is 12.1. The topological polar surface area (TPSA) is 38.3 Å². The van der Waals surface area contributed by atoms with Crippen LogP contribution in [0.15, 0.2) is 0 Å². The minimum absolute atomic E-state index is 0.0560. The third-order valence-corrected chi connectivity index (χ3v) is 3.70. The summed E-state index contributed by atoms with van der Waals surface area (Å²) >= 11 is 5.44. The molecule has 0 aromatic rings. The predicted octanol–water partition coefficient (Wildman–Crippen LogP) is 3.12. The van der Waals surface area contributed by atoms with E-state index in [1.54, 1.807) is 0 Å². The number of carbonyl (C=O) groups excluding carboxylic acids is 1. The summed E-state index contributed by atoms with van der Waals surface area (Å²) in [6.45, 7) is 1.49. The highest BCUT2D eigenvalue weighted by Crippen LogP contribution is 2.39. The van der Waals surface area contributed by atoms with E-state index < -0.39 is 12.1 Å². The lowest BCUT2D eigenvalue weighted by Crippen LogP contribution is -2.36. The van der Waals surface area contributed by atoms with Crippen LogP contribution in [0.5, 0.6) is 0 Å². The third-order valence-electron chi connectivity index (χ3n) is 3.55. The molecule has 0 radical (unpaired) electrons. The number of hydrogen-bond donors (Lipinski definition) is 1. The van der Waals surface area contributed by atoms with Crippen molar-refractivity contribution in [3.8, 4) is 0 Å². The quantitative estimate of drug-likeness (QED) is 0.579. The second-order valence-corrected chi connectivity index (χ2v) is 5.41. The number of nitrogens with one attached hydrogen (secondary N) is 1. The van der Waals surface area contributed by atoms with E-state index in [2.05, 4.69) is 5.32 Å². The molecule has 0 heterocycles. The van der Waals surface area contributed by atoms with Gasteiger partial charge >= 0.3 is 6.18 Å². The molecule has 118 valence electrons. The summed E-state index contributed by atoms with van der Waals surface area (Å²) in [5, 5.41) is 2.75. The Bertz CT molecular complexity index is 292. The lowest BCUT2D eigenvalue weighted by molar-refractivity contribution is -0.184. The fourth-order valence-corrected chi connectivity index (χ4v) is 2.48. The van der Waals surface area contributed by atoms with Crippen molar-refractivity contribution >= 4 is 17.5 Å². The van der Waals surface area contributed by atoms with Gasteiger partial charge in [0.2, 0.25) is 5.91 Å². The van der Waals surface area contributed by atoms with Crippen LogP contribution in [0.3, 0.4) is 0 Å². The molecule has 1 aliphatic carbocycles. The Labute approximate surface area is 122 Å². The lowest BCUT2D eigenvalue weighted by atomic mass is 9.81. The van der Waals surface area contributed by atoms with Gasteiger partial charge in [-0.3, -0.25) is 4.79 Å². The molecular formula is C13H21ClF3NO2. The fraction of sp³-hybridized carbons (Fsp3) is 0.923. The summed E-state index contributed by atoms with van der Waals surface area (Å²) in [6.07, 6.45) is -2.69. The molecule has 1 rings (SSSR count). The summed E-state index contributed by atoms with van der Waals surface area (Å²) < 4.78 is 42.6. The first kappa shape index (κ1) is 17.6. The van der Waals surface area contributed by atoms with Gasteiger partial charge in [-0.2, -0.15) is 13.2 Å². The molecule has 0 aromatic carbocycles. The van der Waals surface area contributed by atoms with E-state index in [1.807, 2.05) is 0 Å². The second-order valence-electron chi connectivity index (χ2n) is 5.04. The monoisotopic (exact) mass is 315 g/mol. The van der Waals surface area contributed by atoms with E-state index in [9.17, 15) is 18.0 Å². The molecule has 0 saturated heterocycles. The van der Waals surface area contributed by atoms with Gasteiger partial charge in [0.1, 0.15) is 0 Å². The number of halogens is 4. The number of alkyl halides is 4. The van der Waals surface area contributed by atoms with Crippen LogP contribution >= 0.6 is 11.6 Å². The molecule has 0 aliphatic heterocycles. The Morgan fingerprint density at radius 1 is 1.20 bits per heavy atom. The fourth-order valence-electron chi connectivity index (χ4n) is 2.37. The first-order valence-electron chi connectivity index (χ1n) is 6.93. The van der Waals surface area contributed by atoms with Crippen LogP contribution in [-0.4, -0.2) is 37.7 Å². The number of rotatable bonds is 7. The van der Waals surface area contributed by atoms with Crippen LogP contribution in [0.4, 0.5) is 13.2 Å². The van der Waals surface area contributed by atoms with Crippen LogP contribution in [0.1, 0.15) is 32.1 Å².